The lowest BCUT2D eigenvalue weighted by Crippen LogP contribution is -2.42. The molecule has 0 radical (unpaired) electrons. The molecular weight excluding hydrogens is 388 g/mol. The van der Waals surface area contributed by atoms with Gasteiger partial charge >= 0.3 is 0 Å². The van der Waals surface area contributed by atoms with Crippen molar-refractivity contribution < 1.29 is 28.5 Å². The van der Waals surface area contributed by atoms with Gasteiger partial charge in [0.25, 0.3) is 0 Å². The van der Waals surface area contributed by atoms with Gasteiger partial charge in [-0.25, -0.2) is 0 Å². The molecule has 2 amide bonds. The Balaban J connectivity index is 1.89. The highest BCUT2D eigenvalue weighted by molar-refractivity contribution is 5.76. The van der Waals surface area contributed by atoms with Crippen LogP contribution in [0.2, 0.25) is 0 Å². The van der Waals surface area contributed by atoms with Crippen LogP contribution in [-0.4, -0.2) is 82.7 Å². The predicted octanol–water partition coefficient (Wildman–Crippen LogP) is 1.99. The third-order valence-electron chi connectivity index (χ3n) is 5.93. The van der Waals surface area contributed by atoms with E-state index in [1.807, 2.05) is 4.90 Å². The Labute approximate surface area is 181 Å². The molecule has 8 nitrogen and oxygen atoms in total. The number of carbonyl (C=O) groups is 2. The average molecular weight is 431 g/mol. The van der Waals surface area contributed by atoms with E-state index in [9.17, 15) is 9.59 Å². The van der Waals surface area contributed by atoms with Gasteiger partial charge in [-0.05, 0) is 24.2 Å². The number of ether oxygens (including phenoxy) is 4. The molecule has 0 aliphatic carbocycles. The fourth-order valence-electron chi connectivity index (χ4n) is 3.45. The molecule has 1 rings (SSSR count). The minimum Gasteiger partial charge on any atom is -0.379 e. The summed E-state index contributed by atoms with van der Waals surface area (Å²) < 4.78 is 21.5. The normalized spacial score (nSPS) is 15.5. The van der Waals surface area contributed by atoms with Gasteiger partial charge in [-0.15, -0.1) is 0 Å². The minimum absolute atomic E-state index is 0.190. The van der Waals surface area contributed by atoms with Crippen LogP contribution in [0, 0.1) is 11.3 Å². The van der Waals surface area contributed by atoms with E-state index in [2.05, 4.69) is 20.8 Å². The Hall–Kier alpha value is -1.22. The summed E-state index contributed by atoms with van der Waals surface area (Å²) in [4.78, 5) is 24.8. The maximum atomic E-state index is 12.3. The van der Waals surface area contributed by atoms with Gasteiger partial charge in [0.2, 0.25) is 11.8 Å². The number of rotatable bonds is 17. The summed E-state index contributed by atoms with van der Waals surface area (Å²) in [6, 6.07) is 0. The molecule has 0 atom stereocenters. The van der Waals surface area contributed by atoms with Crippen LogP contribution in [0.3, 0.4) is 0 Å². The van der Waals surface area contributed by atoms with E-state index < -0.39 is 0 Å². The number of likely N-dealkylation sites (tertiary alicyclic amines) is 1. The second kappa shape index (κ2) is 15.6. The first-order chi connectivity index (χ1) is 14.4. The second-order valence-electron chi connectivity index (χ2n) is 8.41. The van der Waals surface area contributed by atoms with Crippen molar-refractivity contribution in [3.63, 3.8) is 0 Å². The van der Waals surface area contributed by atoms with Gasteiger partial charge in [-0.2, -0.15) is 0 Å². The largest absolute Gasteiger partial charge is 0.379 e. The summed E-state index contributed by atoms with van der Waals surface area (Å²) in [5.41, 5.74) is 5.37. The predicted molar refractivity (Wildman–Crippen MR) is 115 cm³/mol. The van der Waals surface area contributed by atoms with Crippen molar-refractivity contribution in [2.75, 3.05) is 65.9 Å². The van der Waals surface area contributed by atoms with Crippen LogP contribution in [0.5, 0.6) is 0 Å². The van der Waals surface area contributed by atoms with Crippen molar-refractivity contribution in [2.24, 2.45) is 17.1 Å². The molecule has 0 aromatic rings. The second-order valence-corrected chi connectivity index (χ2v) is 8.41. The molecule has 8 heteroatoms. The Morgan fingerprint density at radius 2 is 1.27 bits per heavy atom. The molecule has 1 fully saturated rings. The van der Waals surface area contributed by atoms with Crippen molar-refractivity contribution >= 4 is 11.8 Å². The topological polar surface area (TPSA) is 100 Å². The summed E-state index contributed by atoms with van der Waals surface area (Å²) in [7, 11) is 0. The monoisotopic (exact) mass is 430 g/mol. The van der Waals surface area contributed by atoms with Crippen LogP contribution in [0.25, 0.3) is 0 Å². The summed E-state index contributed by atoms with van der Waals surface area (Å²) >= 11 is 0. The van der Waals surface area contributed by atoms with E-state index in [1.54, 1.807) is 0 Å². The number of nitrogens with two attached hydrogens (primary N) is 1. The molecule has 2 N–H and O–H groups in total. The number of nitrogens with zero attached hydrogens (tertiary/aromatic N) is 1. The number of primary amides is 1. The molecule has 0 aromatic carbocycles. The van der Waals surface area contributed by atoms with Gasteiger partial charge in [-0.1, -0.05) is 27.2 Å². The SMILES string of the molecule is CCC(C)(C)C1CCN(C(=O)CCOCCOCCOCCOCCC(N)=O)CC1. The molecule has 1 aliphatic rings. The first-order valence-electron chi connectivity index (χ1n) is 11.2. The first-order valence-corrected chi connectivity index (χ1v) is 11.2. The fourth-order valence-corrected chi connectivity index (χ4v) is 3.45. The summed E-state index contributed by atoms with van der Waals surface area (Å²) in [6.45, 7) is 12.2. The molecule has 0 saturated carbocycles. The maximum Gasteiger partial charge on any atom is 0.224 e. The smallest absolute Gasteiger partial charge is 0.224 e. The minimum atomic E-state index is -0.368. The van der Waals surface area contributed by atoms with Gasteiger partial charge in [0.1, 0.15) is 0 Å². The number of hydrogen-bond donors (Lipinski definition) is 1. The fraction of sp³-hybridized carbons (Fsp3) is 0.909. The standard InChI is InChI=1S/C22H42N2O6/c1-4-22(2,3)19-5-9-24(10-6-19)21(26)8-12-28-14-16-30-18-17-29-15-13-27-11-7-20(23)25/h19H,4-18H2,1-3H3,(H2,23,25). The lowest BCUT2D eigenvalue weighted by atomic mass is 9.72. The lowest BCUT2D eigenvalue weighted by molar-refractivity contribution is -0.134. The molecule has 1 saturated heterocycles. The number of amides is 2. The molecular formula is C22H42N2O6. The van der Waals surface area contributed by atoms with Crippen LogP contribution in [-0.2, 0) is 28.5 Å². The van der Waals surface area contributed by atoms with Crippen LogP contribution < -0.4 is 5.73 Å². The van der Waals surface area contributed by atoms with Gasteiger partial charge in [-0.3, -0.25) is 9.59 Å². The van der Waals surface area contributed by atoms with E-state index >= 15 is 0 Å². The molecule has 0 spiro atoms. The zero-order valence-electron chi connectivity index (χ0n) is 19.2. The van der Waals surface area contributed by atoms with Crippen molar-refractivity contribution in [1.82, 2.24) is 4.90 Å². The highest BCUT2D eigenvalue weighted by atomic mass is 16.6. The van der Waals surface area contributed by atoms with Crippen molar-refractivity contribution in [1.29, 1.82) is 0 Å². The Kier molecular flexibility index (Phi) is 13.9. The third-order valence-corrected chi connectivity index (χ3v) is 5.93. The molecule has 176 valence electrons. The molecule has 0 bridgehead atoms. The Bertz CT molecular complexity index is 478. The highest BCUT2D eigenvalue weighted by Crippen LogP contribution is 2.37. The molecule has 1 aliphatic heterocycles. The Morgan fingerprint density at radius 3 is 1.70 bits per heavy atom. The quantitative estimate of drug-likeness (QED) is 0.354. The van der Waals surface area contributed by atoms with Crippen LogP contribution >= 0.6 is 0 Å². The summed E-state index contributed by atoms with van der Waals surface area (Å²) in [5.74, 6) is 0.528. The van der Waals surface area contributed by atoms with Crippen LogP contribution in [0.15, 0.2) is 0 Å². The zero-order valence-corrected chi connectivity index (χ0v) is 19.2. The average Bonchev–Trinajstić information content (AvgIpc) is 2.73. The van der Waals surface area contributed by atoms with Gasteiger partial charge < -0.3 is 29.6 Å². The van der Waals surface area contributed by atoms with E-state index in [0.717, 1.165) is 25.9 Å². The number of piperidine rings is 1. The lowest BCUT2D eigenvalue weighted by Gasteiger charge is -2.40. The van der Waals surface area contributed by atoms with E-state index in [-0.39, 0.29) is 18.2 Å². The number of hydrogen-bond acceptors (Lipinski definition) is 6. The van der Waals surface area contributed by atoms with E-state index in [0.29, 0.717) is 70.6 Å². The van der Waals surface area contributed by atoms with Crippen LogP contribution in [0.1, 0.15) is 52.9 Å². The molecule has 0 unspecified atom stereocenters. The summed E-state index contributed by atoms with van der Waals surface area (Å²) in [5, 5.41) is 0. The first kappa shape index (κ1) is 26.8. The van der Waals surface area contributed by atoms with Crippen molar-refractivity contribution in [2.45, 2.75) is 52.9 Å². The summed E-state index contributed by atoms with van der Waals surface area (Å²) in [6.07, 6.45) is 4.04. The zero-order chi connectivity index (χ0) is 22.2. The van der Waals surface area contributed by atoms with Gasteiger partial charge in [0.05, 0.1) is 59.3 Å². The number of carbonyl (C=O) groups excluding carboxylic acids is 2. The van der Waals surface area contributed by atoms with E-state index in [1.165, 1.54) is 6.42 Å². The highest BCUT2D eigenvalue weighted by Gasteiger charge is 2.32. The van der Waals surface area contributed by atoms with Gasteiger partial charge in [0.15, 0.2) is 0 Å². The van der Waals surface area contributed by atoms with E-state index in [4.69, 9.17) is 24.7 Å². The maximum absolute atomic E-state index is 12.3. The molecule has 0 aromatic heterocycles. The Morgan fingerprint density at radius 1 is 0.833 bits per heavy atom. The van der Waals surface area contributed by atoms with Crippen LogP contribution in [0.4, 0.5) is 0 Å². The van der Waals surface area contributed by atoms with Crippen molar-refractivity contribution in [3.05, 3.63) is 0 Å². The third kappa shape index (κ3) is 11.8. The van der Waals surface area contributed by atoms with Crippen molar-refractivity contribution in [3.8, 4) is 0 Å². The molecule has 30 heavy (non-hydrogen) atoms. The molecule has 1 heterocycles. The van der Waals surface area contributed by atoms with Gasteiger partial charge in [0, 0.05) is 19.5 Å².